The fraction of sp³-hybridized carbons (Fsp3) is 0.846. The van der Waals surface area contributed by atoms with Crippen molar-refractivity contribution in [3.63, 3.8) is 0 Å². The molecule has 0 amide bonds. The van der Waals surface area contributed by atoms with E-state index in [0.717, 1.165) is 0 Å². The maximum absolute atomic E-state index is 2.75. The normalized spacial score (nSPS) is 12.9. The van der Waals surface area contributed by atoms with Gasteiger partial charge in [0.25, 0.3) is 0 Å². The minimum Gasteiger partial charge on any atom is -0.323 e. The van der Waals surface area contributed by atoms with Gasteiger partial charge in [0.2, 0.25) is 0 Å². The molecule has 0 aliphatic rings. The van der Waals surface area contributed by atoms with E-state index < -0.39 is 8.96 Å². The summed E-state index contributed by atoms with van der Waals surface area (Å²) in [6, 6.07) is 0. The van der Waals surface area contributed by atoms with Crippen LogP contribution in [0.25, 0.3) is 0 Å². The van der Waals surface area contributed by atoms with Crippen LogP contribution in [0.4, 0.5) is 0 Å². The lowest BCUT2D eigenvalue weighted by Crippen LogP contribution is -2.37. The van der Waals surface area contributed by atoms with Crippen molar-refractivity contribution in [2.75, 3.05) is 13.1 Å². The van der Waals surface area contributed by atoms with Gasteiger partial charge in [0.1, 0.15) is 8.96 Å². The summed E-state index contributed by atoms with van der Waals surface area (Å²) in [7, 11) is -0.767. The number of hydrogen-bond acceptors (Lipinski definition) is 1. The Labute approximate surface area is 98.2 Å². The molecule has 0 bridgehead atoms. The monoisotopic (exact) mass is 227 g/mol. The Morgan fingerprint density at radius 2 is 1.53 bits per heavy atom. The second kappa shape index (κ2) is 9.17. The molecule has 0 aromatic carbocycles. The minimum absolute atomic E-state index is 0.767. The molecular weight excluding hydrogens is 198 g/mol. The second-order valence-corrected chi connectivity index (χ2v) is 7.27. The van der Waals surface area contributed by atoms with Crippen molar-refractivity contribution in [1.82, 2.24) is 4.57 Å². The van der Waals surface area contributed by atoms with Gasteiger partial charge in [-0.1, -0.05) is 44.5 Å². The van der Waals surface area contributed by atoms with Crippen LogP contribution in [0, 0.1) is 0 Å². The molecule has 0 N–H and O–H groups in total. The first-order valence-electron chi connectivity index (χ1n) is 6.50. The summed E-state index contributed by atoms with van der Waals surface area (Å²) >= 11 is 0. The SMILES string of the molecule is CCCCN(CCCC)[SiH](C)C=C(C)C. The lowest BCUT2D eigenvalue weighted by molar-refractivity contribution is 0.415. The van der Waals surface area contributed by atoms with Crippen LogP contribution in [-0.4, -0.2) is 26.6 Å². The van der Waals surface area contributed by atoms with Crippen LogP contribution in [-0.2, 0) is 0 Å². The molecule has 0 heterocycles. The average Bonchev–Trinajstić information content (AvgIpc) is 2.17. The predicted octanol–water partition coefficient (Wildman–Crippen LogP) is 3.75. The first-order valence-corrected chi connectivity index (χ1v) is 8.84. The van der Waals surface area contributed by atoms with E-state index in [1.807, 2.05) is 0 Å². The van der Waals surface area contributed by atoms with E-state index >= 15 is 0 Å². The maximum atomic E-state index is 2.75. The molecule has 0 aliphatic heterocycles. The molecular formula is C13H29NSi. The number of nitrogens with zero attached hydrogens (tertiary/aromatic N) is 1. The zero-order chi connectivity index (χ0) is 11.7. The van der Waals surface area contributed by atoms with Gasteiger partial charge < -0.3 is 4.57 Å². The highest BCUT2D eigenvalue weighted by atomic mass is 28.3. The smallest absolute Gasteiger partial charge is 0.133 e. The third kappa shape index (κ3) is 7.80. The lowest BCUT2D eigenvalue weighted by Gasteiger charge is -2.26. The van der Waals surface area contributed by atoms with E-state index in [2.05, 4.69) is 44.5 Å². The van der Waals surface area contributed by atoms with E-state index in [9.17, 15) is 0 Å². The van der Waals surface area contributed by atoms with Crippen molar-refractivity contribution in [2.24, 2.45) is 0 Å². The zero-order valence-corrected chi connectivity index (χ0v) is 12.5. The van der Waals surface area contributed by atoms with Crippen molar-refractivity contribution in [3.05, 3.63) is 11.3 Å². The minimum atomic E-state index is -0.767. The van der Waals surface area contributed by atoms with Gasteiger partial charge in [-0.3, -0.25) is 0 Å². The average molecular weight is 227 g/mol. The molecule has 0 saturated carbocycles. The first kappa shape index (κ1) is 14.9. The zero-order valence-electron chi connectivity index (χ0n) is 11.3. The molecule has 15 heavy (non-hydrogen) atoms. The molecule has 0 saturated heterocycles. The van der Waals surface area contributed by atoms with Crippen LogP contribution in [0.15, 0.2) is 11.3 Å². The Hall–Kier alpha value is -0.0831. The quantitative estimate of drug-likeness (QED) is 0.571. The Balaban J connectivity index is 4.13. The first-order chi connectivity index (χ1) is 7.11. The highest BCUT2D eigenvalue weighted by Gasteiger charge is 2.11. The van der Waals surface area contributed by atoms with Gasteiger partial charge in [-0.25, -0.2) is 0 Å². The Morgan fingerprint density at radius 3 is 1.87 bits per heavy atom. The van der Waals surface area contributed by atoms with Crippen LogP contribution < -0.4 is 0 Å². The second-order valence-electron chi connectivity index (χ2n) is 4.73. The molecule has 0 aromatic rings. The summed E-state index contributed by atoms with van der Waals surface area (Å²) in [6.07, 6.45) is 5.35. The van der Waals surface area contributed by atoms with Crippen molar-refractivity contribution in [2.45, 2.75) is 59.9 Å². The van der Waals surface area contributed by atoms with Crippen molar-refractivity contribution < 1.29 is 0 Å². The van der Waals surface area contributed by atoms with Crippen LogP contribution in [0.3, 0.4) is 0 Å². The van der Waals surface area contributed by atoms with Crippen LogP contribution in [0.1, 0.15) is 53.4 Å². The van der Waals surface area contributed by atoms with E-state index in [-0.39, 0.29) is 0 Å². The molecule has 0 radical (unpaired) electrons. The summed E-state index contributed by atoms with van der Waals surface area (Å²) in [5, 5.41) is 0. The van der Waals surface area contributed by atoms with Crippen molar-refractivity contribution >= 4 is 8.96 Å². The molecule has 0 fully saturated rings. The van der Waals surface area contributed by atoms with E-state index in [0.29, 0.717) is 0 Å². The predicted molar refractivity (Wildman–Crippen MR) is 73.8 cm³/mol. The van der Waals surface area contributed by atoms with Gasteiger partial charge in [0.15, 0.2) is 0 Å². The summed E-state index contributed by atoms with van der Waals surface area (Å²) in [6.45, 7) is 14.1. The Kier molecular flexibility index (Phi) is 9.11. The lowest BCUT2D eigenvalue weighted by atomic mass is 10.3. The molecule has 0 aromatic heterocycles. The van der Waals surface area contributed by atoms with Gasteiger partial charge in [0, 0.05) is 0 Å². The molecule has 1 atom stereocenters. The number of unbranched alkanes of at least 4 members (excludes halogenated alkanes) is 2. The van der Waals surface area contributed by atoms with Gasteiger partial charge >= 0.3 is 0 Å². The largest absolute Gasteiger partial charge is 0.323 e. The number of rotatable bonds is 8. The summed E-state index contributed by atoms with van der Waals surface area (Å²) < 4.78 is 2.75. The Morgan fingerprint density at radius 1 is 1.07 bits per heavy atom. The van der Waals surface area contributed by atoms with E-state index in [1.54, 1.807) is 0 Å². The number of hydrogen-bond donors (Lipinski definition) is 0. The van der Waals surface area contributed by atoms with Crippen LogP contribution in [0.5, 0.6) is 0 Å². The van der Waals surface area contributed by atoms with Crippen molar-refractivity contribution in [3.8, 4) is 0 Å². The maximum Gasteiger partial charge on any atom is 0.133 e. The fourth-order valence-corrected chi connectivity index (χ4v) is 4.18. The molecule has 1 nitrogen and oxygen atoms in total. The molecule has 90 valence electrons. The Bertz CT molecular complexity index is 165. The molecule has 0 rings (SSSR count). The van der Waals surface area contributed by atoms with Crippen LogP contribution >= 0.6 is 0 Å². The fourth-order valence-electron chi connectivity index (χ4n) is 1.83. The molecule has 0 spiro atoms. The summed E-state index contributed by atoms with van der Waals surface area (Å²) in [5.41, 5.74) is 4.01. The highest BCUT2D eigenvalue weighted by Crippen LogP contribution is 2.05. The van der Waals surface area contributed by atoms with E-state index in [1.165, 1.54) is 44.3 Å². The van der Waals surface area contributed by atoms with Crippen molar-refractivity contribution in [1.29, 1.82) is 0 Å². The van der Waals surface area contributed by atoms with Gasteiger partial charge in [0.05, 0.1) is 0 Å². The van der Waals surface area contributed by atoms with Crippen LogP contribution in [0.2, 0.25) is 6.55 Å². The van der Waals surface area contributed by atoms with Gasteiger partial charge in [-0.05, 0) is 39.8 Å². The standard InChI is InChI=1S/C13H29NSi/c1-6-8-10-14(11-9-7-2)15(5)12-13(3)4/h12,15H,6-11H2,1-5H3. The summed E-state index contributed by atoms with van der Waals surface area (Å²) in [4.78, 5) is 0. The third-order valence-corrected chi connectivity index (χ3v) is 5.57. The molecule has 2 heteroatoms. The summed E-state index contributed by atoms with van der Waals surface area (Å²) in [5.74, 6) is 0. The van der Waals surface area contributed by atoms with E-state index in [4.69, 9.17) is 0 Å². The molecule has 0 aliphatic carbocycles. The topological polar surface area (TPSA) is 3.24 Å². The van der Waals surface area contributed by atoms with Gasteiger partial charge in [-0.15, -0.1) is 0 Å². The highest BCUT2D eigenvalue weighted by molar-refractivity contribution is 6.60. The molecule has 1 unspecified atom stereocenters. The third-order valence-electron chi connectivity index (χ3n) is 2.75. The van der Waals surface area contributed by atoms with Gasteiger partial charge in [-0.2, -0.15) is 0 Å². The number of allylic oxidation sites excluding steroid dienone is 1.